The third-order valence-corrected chi connectivity index (χ3v) is 2.18. The summed E-state index contributed by atoms with van der Waals surface area (Å²) in [7, 11) is 0. The van der Waals surface area contributed by atoms with E-state index in [1.165, 1.54) is 0 Å². The Balaban J connectivity index is 0.00000225. The Kier molecular flexibility index (Phi) is 7.78. The van der Waals surface area contributed by atoms with Gasteiger partial charge in [0.1, 0.15) is 0 Å². The molecular weight excluding hydrogens is 252 g/mol. The predicted octanol–water partition coefficient (Wildman–Crippen LogP) is 1.04. The number of nitrogens with two attached hydrogens (primary N) is 1. The Morgan fingerprint density at radius 1 is 1.62 bits per heavy atom. The molecule has 0 unspecified atom stereocenters. The fourth-order valence-corrected chi connectivity index (χ4v) is 1.33. The Labute approximate surface area is 104 Å². The van der Waals surface area contributed by atoms with Crippen LogP contribution >= 0.6 is 23.9 Å². The van der Waals surface area contributed by atoms with Gasteiger partial charge in [-0.3, -0.25) is 10.1 Å². The number of halogens is 1. The van der Waals surface area contributed by atoms with Crippen LogP contribution in [0.25, 0.3) is 0 Å². The van der Waals surface area contributed by atoms with E-state index < -0.39 is 0 Å². The van der Waals surface area contributed by atoms with Gasteiger partial charge in [-0.2, -0.15) is 4.98 Å². The Morgan fingerprint density at radius 3 is 3.00 bits per heavy atom. The number of unbranched alkanes of at least 4 members (excludes halogenated alkanes) is 1. The number of nitrogens with zero attached hydrogens (tertiary/aromatic N) is 2. The van der Waals surface area contributed by atoms with Crippen molar-refractivity contribution in [2.24, 2.45) is 5.73 Å². The van der Waals surface area contributed by atoms with Crippen LogP contribution in [0.5, 0.6) is 6.01 Å². The van der Waals surface area contributed by atoms with Crippen molar-refractivity contribution < 1.29 is 9.53 Å². The monoisotopic (exact) mass is 266 g/mol. The third-order valence-electron chi connectivity index (χ3n) is 1.57. The van der Waals surface area contributed by atoms with E-state index in [2.05, 4.69) is 21.6 Å². The van der Waals surface area contributed by atoms with Gasteiger partial charge < -0.3 is 10.5 Å². The lowest BCUT2D eigenvalue weighted by Crippen LogP contribution is -2.21. The lowest BCUT2D eigenvalue weighted by molar-refractivity contribution is -0.114. The molecule has 1 amide bonds. The van der Waals surface area contributed by atoms with E-state index in [0.29, 0.717) is 17.7 Å². The number of aromatic nitrogens is 2. The van der Waals surface area contributed by atoms with E-state index in [1.807, 2.05) is 0 Å². The molecule has 1 aromatic rings. The molecule has 0 aliphatic carbocycles. The SMILES string of the molecule is CCCCOc1nsc(NC(=O)CN)n1.Cl. The first-order chi connectivity index (χ1) is 7.26. The first-order valence-electron chi connectivity index (χ1n) is 4.72. The summed E-state index contributed by atoms with van der Waals surface area (Å²) < 4.78 is 9.18. The van der Waals surface area contributed by atoms with Crippen LogP contribution in [0.4, 0.5) is 5.13 Å². The molecule has 0 saturated heterocycles. The molecule has 0 bridgehead atoms. The maximum absolute atomic E-state index is 10.9. The van der Waals surface area contributed by atoms with Crippen LogP contribution in [0.1, 0.15) is 19.8 Å². The molecule has 0 saturated carbocycles. The quantitative estimate of drug-likeness (QED) is 0.751. The van der Waals surface area contributed by atoms with E-state index in [4.69, 9.17) is 10.5 Å². The van der Waals surface area contributed by atoms with E-state index in [0.717, 1.165) is 24.4 Å². The average molecular weight is 267 g/mol. The maximum Gasteiger partial charge on any atom is 0.330 e. The summed E-state index contributed by atoms with van der Waals surface area (Å²) in [5, 5.41) is 2.92. The lowest BCUT2D eigenvalue weighted by atomic mass is 10.4. The first-order valence-corrected chi connectivity index (χ1v) is 5.50. The predicted molar refractivity (Wildman–Crippen MR) is 65.2 cm³/mol. The largest absolute Gasteiger partial charge is 0.463 e. The number of carbonyl (C=O) groups excluding carboxylic acids is 1. The zero-order valence-electron chi connectivity index (χ0n) is 8.93. The summed E-state index contributed by atoms with van der Waals surface area (Å²) in [5.74, 6) is -0.286. The molecule has 0 atom stereocenters. The molecule has 16 heavy (non-hydrogen) atoms. The van der Waals surface area contributed by atoms with Crippen molar-refractivity contribution in [1.29, 1.82) is 0 Å². The van der Waals surface area contributed by atoms with Gasteiger partial charge in [-0.05, 0) is 6.42 Å². The number of hydrogen-bond acceptors (Lipinski definition) is 6. The van der Waals surface area contributed by atoms with E-state index in [1.54, 1.807) is 0 Å². The summed E-state index contributed by atoms with van der Waals surface area (Å²) in [5.41, 5.74) is 5.14. The van der Waals surface area contributed by atoms with Crippen molar-refractivity contribution >= 4 is 35.0 Å². The van der Waals surface area contributed by atoms with Crippen molar-refractivity contribution in [3.05, 3.63) is 0 Å². The minimum Gasteiger partial charge on any atom is -0.463 e. The molecule has 3 N–H and O–H groups in total. The summed E-state index contributed by atoms with van der Waals surface area (Å²) in [6.07, 6.45) is 2.02. The van der Waals surface area contributed by atoms with Crippen LogP contribution in [0.15, 0.2) is 0 Å². The van der Waals surface area contributed by atoms with Crippen molar-refractivity contribution in [2.75, 3.05) is 18.5 Å². The van der Waals surface area contributed by atoms with Crippen LogP contribution < -0.4 is 15.8 Å². The Morgan fingerprint density at radius 2 is 2.38 bits per heavy atom. The average Bonchev–Trinajstić information content (AvgIpc) is 2.66. The second kappa shape index (κ2) is 8.26. The molecule has 92 valence electrons. The molecule has 0 aliphatic heterocycles. The van der Waals surface area contributed by atoms with Crippen molar-refractivity contribution in [1.82, 2.24) is 9.36 Å². The fourth-order valence-electron chi connectivity index (χ4n) is 0.797. The zero-order chi connectivity index (χ0) is 11.1. The molecule has 6 nitrogen and oxygen atoms in total. The van der Waals surface area contributed by atoms with Gasteiger partial charge in [0.25, 0.3) is 0 Å². The first kappa shape index (κ1) is 15.1. The summed E-state index contributed by atoms with van der Waals surface area (Å²) in [6.45, 7) is 2.61. The van der Waals surface area contributed by atoms with Gasteiger partial charge in [-0.15, -0.1) is 16.8 Å². The van der Waals surface area contributed by atoms with Gasteiger partial charge in [0, 0.05) is 11.5 Å². The van der Waals surface area contributed by atoms with Crippen LogP contribution in [0.2, 0.25) is 0 Å². The van der Waals surface area contributed by atoms with Crippen molar-refractivity contribution in [3.8, 4) is 6.01 Å². The van der Waals surface area contributed by atoms with Crippen molar-refractivity contribution in [3.63, 3.8) is 0 Å². The van der Waals surface area contributed by atoms with E-state index in [-0.39, 0.29) is 24.9 Å². The fraction of sp³-hybridized carbons (Fsp3) is 0.625. The second-order valence-corrected chi connectivity index (χ2v) is 3.59. The lowest BCUT2D eigenvalue weighted by Gasteiger charge is -1.98. The molecule has 0 radical (unpaired) electrons. The van der Waals surface area contributed by atoms with Gasteiger partial charge in [0.2, 0.25) is 11.0 Å². The number of carbonyl (C=O) groups is 1. The molecule has 0 aromatic carbocycles. The molecule has 1 rings (SSSR count). The number of anilines is 1. The summed E-state index contributed by atoms with van der Waals surface area (Å²) in [6, 6.07) is 0.306. The minimum atomic E-state index is -0.286. The number of rotatable bonds is 6. The summed E-state index contributed by atoms with van der Waals surface area (Å²) >= 11 is 1.08. The van der Waals surface area contributed by atoms with Crippen LogP contribution in [0.3, 0.4) is 0 Å². The number of nitrogens with one attached hydrogen (secondary N) is 1. The van der Waals surface area contributed by atoms with Gasteiger partial charge in [-0.25, -0.2) is 0 Å². The van der Waals surface area contributed by atoms with Gasteiger partial charge in [0.05, 0.1) is 13.2 Å². The topological polar surface area (TPSA) is 90.1 Å². The highest BCUT2D eigenvalue weighted by Crippen LogP contribution is 2.15. The highest BCUT2D eigenvalue weighted by atomic mass is 35.5. The molecule has 1 heterocycles. The number of amides is 1. The van der Waals surface area contributed by atoms with Crippen LogP contribution in [-0.4, -0.2) is 28.4 Å². The molecule has 0 spiro atoms. The van der Waals surface area contributed by atoms with Gasteiger partial charge >= 0.3 is 6.01 Å². The van der Waals surface area contributed by atoms with Crippen LogP contribution in [-0.2, 0) is 4.79 Å². The zero-order valence-corrected chi connectivity index (χ0v) is 10.6. The van der Waals surface area contributed by atoms with E-state index >= 15 is 0 Å². The second-order valence-electron chi connectivity index (χ2n) is 2.84. The number of ether oxygens (including phenoxy) is 1. The third kappa shape index (κ3) is 5.24. The Hall–Kier alpha value is -0.920. The standard InChI is InChI=1S/C8H14N4O2S.ClH/c1-2-3-4-14-7-11-8(15-12-7)10-6(13)5-9;/h2-5,9H2,1H3,(H,10,11,12,13);1H. The smallest absolute Gasteiger partial charge is 0.330 e. The molecule has 8 heteroatoms. The maximum atomic E-state index is 10.9. The van der Waals surface area contributed by atoms with Crippen molar-refractivity contribution in [2.45, 2.75) is 19.8 Å². The summed E-state index contributed by atoms with van der Waals surface area (Å²) in [4.78, 5) is 14.9. The molecule has 0 fully saturated rings. The van der Waals surface area contributed by atoms with Gasteiger partial charge in [-0.1, -0.05) is 13.3 Å². The highest BCUT2D eigenvalue weighted by Gasteiger charge is 2.06. The highest BCUT2D eigenvalue weighted by molar-refractivity contribution is 7.10. The van der Waals surface area contributed by atoms with Crippen LogP contribution in [0, 0.1) is 0 Å². The Bertz CT molecular complexity index is 321. The molecule has 1 aromatic heterocycles. The minimum absolute atomic E-state index is 0. The molecule has 0 aliphatic rings. The van der Waals surface area contributed by atoms with E-state index in [9.17, 15) is 4.79 Å². The van der Waals surface area contributed by atoms with Gasteiger partial charge in [0.15, 0.2) is 0 Å². The molecular formula is C8H15ClN4O2S. The number of hydrogen-bond donors (Lipinski definition) is 2. The normalized spacial score (nSPS) is 9.38.